The number of benzene rings is 1. The van der Waals surface area contributed by atoms with Crippen LogP contribution >= 0.6 is 0 Å². The SMILES string of the molecule is COc1ccc(/C=C/c2nc(Cn3cnc(S(=O)(=O)N4CCCCC4)c3)no2)cc1OC. The number of imidazole rings is 1. The normalized spacial score (nSPS) is 15.3. The summed E-state index contributed by atoms with van der Waals surface area (Å²) >= 11 is 0. The Bertz CT molecular complexity index is 1190. The van der Waals surface area contributed by atoms with Crippen molar-refractivity contribution >= 4 is 22.2 Å². The number of rotatable bonds is 8. The van der Waals surface area contributed by atoms with E-state index in [1.54, 1.807) is 24.9 Å². The summed E-state index contributed by atoms with van der Waals surface area (Å²) in [6.07, 6.45) is 9.29. The standard InChI is InChI=1S/C21H25N5O5S/c1-29-17-8-6-16(12-18(17)30-2)7-9-20-23-19(24-31-20)13-25-14-21(22-15-25)32(27,28)26-10-4-3-5-11-26/h6-9,12,14-15H,3-5,10-11,13H2,1-2H3/b9-7+. The fourth-order valence-electron chi connectivity index (χ4n) is 3.48. The lowest BCUT2D eigenvalue weighted by Crippen LogP contribution is -2.35. The molecule has 32 heavy (non-hydrogen) atoms. The van der Waals surface area contributed by atoms with Crippen LogP contribution in [0.5, 0.6) is 11.5 Å². The Kier molecular flexibility index (Phi) is 6.56. The maximum Gasteiger partial charge on any atom is 0.262 e. The second kappa shape index (κ2) is 9.53. The van der Waals surface area contributed by atoms with Crippen LogP contribution in [-0.2, 0) is 16.6 Å². The van der Waals surface area contributed by atoms with Gasteiger partial charge in [-0.3, -0.25) is 0 Å². The molecule has 1 aliphatic heterocycles. The molecule has 3 aromatic rings. The Morgan fingerprint density at radius 1 is 1.09 bits per heavy atom. The van der Waals surface area contributed by atoms with Crippen LogP contribution in [0.4, 0.5) is 0 Å². The van der Waals surface area contributed by atoms with Gasteiger partial charge in [0.05, 0.1) is 27.1 Å². The summed E-state index contributed by atoms with van der Waals surface area (Å²) < 4.78 is 44.4. The van der Waals surface area contributed by atoms with Gasteiger partial charge in [0.2, 0.25) is 0 Å². The molecular weight excluding hydrogens is 434 g/mol. The molecule has 0 aliphatic carbocycles. The average molecular weight is 460 g/mol. The minimum Gasteiger partial charge on any atom is -0.493 e. The molecule has 1 saturated heterocycles. The van der Waals surface area contributed by atoms with Crippen LogP contribution in [-0.4, -0.2) is 59.7 Å². The molecule has 10 nitrogen and oxygen atoms in total. The zero-order valence-corrected chi connectivity index (χ0v) is 18.8. The minimum absolute atomic E-state index is 0.0384. The molecule has 0 spiro atoms. The lowest BCUT2D eigenvalue weighted by molar-refractivity contribution is 0.345. The molecule has 0 unspecified atom stereocenters. The second-order valence-electron chi connectivity index (χ2n) is 7.35. The fourth-order valence-corrected chi connectivity index (χ4v) is 4.94. The number of hydrogen-bond donors (Lipinski definition) is 0. The Hall–Kier alpha value is -3.18. The smallest absolute Gasteiger partial charge is 0.262 e. The van der Waals surface area contributed by atoms with E-state index in [1.807, 2.05) is 24.3 Å². The number of hydrogen-bond acceptors (Lipinski definition) is 8. The van der Waals surface area contributed by atoms with Gasteiger partial charge in [0.15, 0.2) is 22.3 Å². The van der Waals surface area contributed by atoms with E-state index in [4.69, 9.17) is 14.0 Å². The predicted octanol–water partition coefficient (Wildman–Crippen LogP) is 2.68. The quantitative estimate of drug-likeness (QED) is 0.505. The molecule has 11 heteroatoms. The Labute approximate surface area is 186 Å². The maximum absolute atomic E-state index is 12.7. The van der Waals surface area contributed by atoms with Gasteiger partial charge in [0.25, 0.3) is 15.9 Å². The summed E-state index contributed by atoms with van der Waals surface area (Å²) in [5.74, 6) is 2.01. The van der Waals surface area contributed by atoms with E-state index in [-0.39, 0.29) is 11.6 Å². The van der Waals surface area contributed by atoms with Gasteiger partial charge < -0.3 is 18.6 Å². The highest BCUT2D eigenvalue weighted by Gasteiger charge is 2.28. The number of nitrogens with zero attached hydrogens (tertiary/aromatic N) is 5. The van der Waals surface area contributed by atoms with Crippen LogP contribution in [0.3, 0.4) is 0 Å². The lowest BCUT2D eigenvalue weighted by atomic mass is 10.2. The van der Waals surface area contributed by atoms with Crippen LogP contribution in [0.1, 0.15) is 36.5 Å². The zero-order valence-electron chi connectivity index (χ0n) is 18.0. The minimum atomic E-state index is -3.57. The van der Waals surface area contributed by atoms with Gasteiger partial charge in [-0.05, 0) is 36.6 Å². The van der Waals surface area contributed by atoms with E-state index >= 15 is 0 Å². The van der Waals surface area contributed by atoms with E-state index in [1.165, 1.54) is 16.8 Å². The highest BCUT2D eigenvalue weighted by atomic mass is 32.2. The molecule has 1 aromatic carbocycles. The van der Waals surface area contributed by atoms with E-state index in [0.717, 1.165) is 24.8 Å². The van der Waals surface area contributed by atoms with Crippen LogP contribution in [0.15, 0.2) is 40.3 Å². The fraction of sp³-hybridized carbons (Fsp3) is 0.381. The maximum atomic E-state index is 12.7. The van der Waals surface area contributed by atoms with Crippen LogP contribution < -0.4 is 9.47 Å². The summed E-state index contributed by atoms with van der Waals surface area (Å²) in [6, 6.07) is 5.53. The Morgan fingerprint density at radius 3 is 2.62 bits per heavy atom. The molecule has 2 aromatic heterocycles. The number of sulfonamides is 1. The molecule has 0 atom stereocenters. The third kappa shape index (κ3) is 4.83. The van der Waals surface area contributed by atoms with Crippen molar-refractivity contribution in [2.45, 2.75) is 30.8 Å². The van der Waals surface area contributed by atoms with Gasteiger partial charge in [-0.1, -0.05) is 17.6 Å². The summed E-state index contributed by atoms with van der Waals surface area (Å²) in [7, 11) is -0.410. The summed E-state index contributed by atoms with van der Waals surface area (Å²) in [5, 5.41) is 3.99. The third-order valence-corrected chi connectivity index (χ3v) is 6.95. The van der Waals surface area contributed by atoms with Crippen molar-refractivity contribution in [1.82, 2.24) is 24.0 Å². The van der Waals surface area contributed by atoms with E-state index < -0.39 is 10.0 Å². The molecule has 1 aliphatic rings. The monoisotopic (exact) mass is 459 g/mol. The molecule has 0 amide bonds. The van der Waals surface area contributed by atoms with Crippen molar-refractivity contribution in [3.05, 3.63) is 48.0 Å². The van der Waals surface area contributed by atoms with Crippen LogP contribution in [0, 0.1) is 0 Å². The van der Waals surface area contributed by atoms with Gasteiger partial charge in [-0.15, -0.1) is 0 Å². The second-order valence-corrected chi connectivity index (χ2v) is 9.23. The number of aromatic nitrogens is 4. The molecule has 0 radical (unpaired) electrons. The third-order valence-electron chi connectivity index (χ3n) is 5.16. The van der Waals surface area contributed by atoms with Crippen molar-refractivity contribution in [3.8, 4) is 11.5 Å². The highest BCUT2D eigenvalue weighted by molar-refractivity contribution is 7.89. The number of piperidine rings is 1. The molecule has 1 fully saturated rings. The summed E-state index contributed by atoms with van der Waals surface area (Å²) in [6.45, 7) is 1.32. The first-order valence-corrected chi connectivity index (χ1v) is 11.7. The highest BCUT2D eigenvalue weighted by Crippen LogP contribution is 2.28. The van der Waals surface area contributed by atoms with Gasteiger partial charge in [0.1, 0.15) is 0 Å². The molecule has 170 valence electrons. The van der Waals surface area contributed by atoms with Crippen molar-refractivity contribution in [3.63, 3.8) is 0 Å². The number of ether oxygens (including phenoxy) is 2. The first kappa shape index (κ1) is 22.0. The summed E-state index contributed by atoms with van der Waals surface area (Å²) in [4.78, 5) is 8.41. The number of methoxy groups -OCH3 is 2. The van der Waals surface area contributed by atoms with E-state index in [9.17, 15) is 8.42 Å². The Balaban J connectivity index is 1.42. The molecule has 3 heterocycles. The van der Waals surface area contributed by atoms with Gasteiger partial charge in [-0.25, -0.2) is 13.4 Å². The van der Waals surface area contributed by atoms with E-state index in [0.29, 0.717) is 36.3 Å². The van der Waals surface area contributed by atoms with Gasteiger partial charge >= 0.3 is 0 Å². The average Bonchev–Trinajstić information content (AvgIpc) is 3.48. The topological polar surface area (TPSA) is 113 Å². The van der Waals surface area contributed by atoms with E-state index in [2.05, 4.69) is 15.1 Å². The van der Waals surface area contributed by atoms with Crippen LogP contribution in [0.25, 0.3) is 12.2 Å². The van der Waals surface area contributed by atoms with Crippen molar-refractivity contribution in [2.75, 3.05) is 27.3 Å². The zero-order chi connectivity index (χ0) is 22.6. The van der Waals surface area contributed by atoms with Crippen molar-refractivity contribution in [2.24, 2.45) is 0 Å². The summed E-state index contributed by atoms with van der Waals surface area (Å²) in [5.41, 5.74) is 0.879. The first-order chi connectivity index (χ1) is 15.5. The van der Waals surface area contributed by atoms with Crippen LogP contribution in [0.2, 0.25) is 0 Å². The molecule has 0 bridgehead atoms. The largest absolute Gasteiger partial charge is 0.493 e. The molecule has 0 N–H and O–H groups in total. The molecular formula is C21H25N5O5S. The molecule has 0 saturated carbocycles. The van der Waals surface area contributed by atoms with Crippen molar-refractivity contribution in [1.29, 1.82) is 0 Å². The van der Waals surface area contributed by atoms with Gasteiger partial charge in [0, 0.05) is 25.4 Å². The lowest BCUT2D eigenvalue weighted by Gasteiger charge is -2.24. The predicted molar refractivity (Wildman–Crippen MR) is 117 cm³/mol. The van der Waals surface area contributed by atoms with Gasteiger partial charge in [-0.2, -0.15) is 9.29 Å². The Morgan fingerprint density at radius 2 is 1.88 bits per heavy atom. The first-order valence-electron chi connectivity index (χ1n) is 10.2. The van der Waals surface area contributed by atoms with Crippen molar-refractivity contribution < 1.29 is 22.4 Å². The molecule has 4 rings (SSSR count).